The van der Waals surface area contributed by atoms with Crippen molar-refractivity contribution in [3.63, 3.8) is 0 Å². The zero-order chi connectivity index (χ0) is 12.0. The lowest BCUT2D eigenvalue weighted by atomic mass is 10.4. The maximum atomic E-state index is 4.31. The van der Waals surface area contributed by atoms with Crippen molar-refractivity contribution in [3.05, 3.63) is 16.5 Å². The highest BCUT2D eigenvalue weighted by atomic mass is 79.9. The summed E-state index contributed by atoms with van der Waals surface area (Å²) in [6.07, 6.45) is 0. The van der Waals surface area contributed by atoms with E-state index in [-0.39, 0.29) is 0 Å². The molecule has 1 heterocycles. The van der Waals surface area contributed by atoms with Gasteiger partial charge in [0.2, 0.25) is 0 Å². The largest absolute Gasteiger partial charge is 0.369 e. The summed E-state index contributed by atoms with van der Waals surface area (Å²) in [6.45, 7) is 10.4. The Labute approximate surface area is 106 Å². The summed E-state index contributed by atoms with van der Waals surface area (Å²) >= 11 is 3.36. The van der Waals surface area contributed by atoms with Crippen molar-refractivity contribution in [2.75, 3.05) is 31.5 Å². The first kappa shape index (κ1) is 13.4. The summed E-state index contributed by atoms with van der Waals surface area (Å²) in [6, 6.07) is 1.90. The molecule has 5 heteroatoms. The van der Waals surface area contributed by atoms with Crippen molar-refractivity contribution in [1.29, 1.82) is 0 Å². The molecule has 0 unspecified atom stereocenters. The van der Waals surface area contributed by atoms with Crippen molar-refractivity contribution in [2.45, 2.75) is 20.8 Å². The molecule has 0 aliphatic rings. The molecule has 1 rings (SSSR count). The van der Waals surface area contributed by atoms with Crippen LogP contribution in [0.25, 0.3) is 0 Å². The average molecular weight is 287 g/mol. The van der Waals surface area contributed by atoms with E-state index in [4.69, 9.17) is 0 Å². The summed E-state index contributed by atoms with van der Waals surface area (Å²) in [7, 11) is 0. The number of aryl methyl sites for hydroxylation is 1. The number of nitrogens with one attached hydrogen (secondary N) is 1. The lowest BCUT2D eigenvalue weighted by Gasteiger charge is -2.18. The second-order valence-corrected chi connectivity index (χ2v) is 4.39. The van der Waals surface area contributed by atoms with Crippen LogP contribution in [0.15, 0.2) is 10.7 Å². The molecule has 0 atom stereocenters. The van der Waals surface area contributed by atoms with E-state index in [0.717, 1.165) is 42.4 Å². The molecule has 0 spiro atoms. The van der Waals surface area contributed by atoms with E-state index in [2.05, 4.69) is 50.0 Å². The molecule has 16 heavy (non-hydrogen) atoms. The van der Waals surface area contributed by atoms with E-state index in [0.29, 0.717) is 0 Å². The van der Waals surface area contributed by atoms with Crippen molar-refractivity contribution in [2.24, 2.45) is 0 Å². The van der Waals surface area contributed by atoms with Crippen LogP contribution in [-0.4, -0.2) is 41.0 Å². The molecule has 4 nitrogen and oxygen atoms in total. The number of halogens is 1. The number of hydrogen-bond donors (Lipinski definition) is 1. The zero-order valence-electron chi connectivity index (χ0n) is 10.1. The summed E-state index contributed by atoms with van der Waals surface area (Å²) in [4.78, 5) is 10.8. The second-order valence-electron chi connectivity index (χ2n) is 3.58. The van der Waals surface area contributed by atoms with Crippen LogP contribution in [-0.2, 0) is 0 Å². The molecule has 1 N–H and O–H groups in total. The monoisotopic (exact) mass is 286 g/mol. The van der Waals surface area contributed by atoms with E-state index in [1.54, 1.807) is 0 Å². The number of likely N-dealkylation sites (N-methyl/N-ethyl adjacent to an activating group) is 1. The van der Waals surface area contributed by atoms with Crippen LogP contribution in [0.2, 0.25) is 0 Å². The molecule has 0 aliphatic carbocycles. The average Bonchev–Trinajstić information content (AvgIpc) is 2.23. The van der Waals surface area contributed by atoms with Crippen LogP contribution in [0.4, 0.5) is 5.82 Å². The normalized spacial score (nSPS) is 10.8. The Morgan fingerprint density at radius 3 is 2.56 bits per heavy atom. The first-order chi connectivity index (χ1) is 7.65. The zero-order valence-corrected chi connectivity index (χ0v) is 11.7. The standard InChI is InChI=1S/C11H19BrN4/c1-4-16(5-2)7-6-13-11-8-10(12)14-9(3)15-11/h8H,4-7H2,1-3H3,(H,13,14,15). The van der Waals surface area contributed by atoms with Gasteiger partial charge in [-0.3, -0.25) is 0 Å². The van der Waals surface area contributed by atoms with Crippen LogP contribution < -0.4 is 5.32 Å². The van der Waals surface area contributed by atoms with Gasteiger partial charge < -0.3 is 10.2 Å². The fourth-order valence-electron chi connectivity index (χ4n) is 1.50. The number of rotatable bonds is 6. The van der Waals surface area contributed by atoms with Gasteiger partial charge in [0.15, 0.2) is 0 Å². The van der Waals surface area contributed by atoms with Gasteiger partial charge in [0, 0.05) is 19.2 Å². The van der Waals surface area contributed by atoms with Gasteiger partial charge in [-0.1, -0.05) is 13.8 Å². The summed E-state index contributed by atoms with van der Waals surface area (Å²) in [5.41, 5.74) is 0. The van der Waals surface area contributed by atoms with Crippen molar-refractivity contribution in [3.8, 4) is 0 Å². The van der Waals surface area contributed by atoms with Gasteiger partial charge >= 0.3 is 0 Å². The minimum atomic E-state index is 0.778. The molecule has 90 valence electrons. The Hall–Kier alpha value is -0.680. The fourth-order valence-corrected chi connectivity index (χ4v) is 1.98. The van der Waals surface area contributed by atoms with E-state index < -0.39 is 0 Å². The van der Waals surface area contributed by atoms with Crippen LogP contribution in [0.3, 0.4) is 0 Å². The third-order valence-electron chi connectivity index (χ3n) is 2.44. The van der Waals surface area contributed by atoms with Crippen LogP contribution in [0, 0.1) is 6.92 Å². The topological polar surface area (TPSA) is 41.0 Å². The Morgan fingerprint density at radius 1 is 1.31 bits per heavy atom. The van der Waals surface area contributed by atoms with E-state index in [1.165, 1.54) is 0 Å². The fraction of sp³-hybridized carbons (Fsp3) is 0.636. The molecule has 0 radical (unpaired) electrons. The predicted molar refractivity (Wildman–Crippen MR) is 70.7 cm³/mol. The third kappa shape index (κ3) is 4.45. The summed E-state index contributed by atoms with van der Waals surface area (Å²) < 4.78 is 0.824. The molecule has 0 fully saturated rings. The Morgan fingerprint density at radius 2 is 2.00 bits per heavy atom. The van der Waals surface area contributed by atoms with Gasteiger partial charge in [0.05, 0.1) is 0 Å². The van der Waals surface area contributed by atoms with Crippen LogP contribution in [0.5, 0.6) is 0 Å². The van der Waals surface area contributed by atoms with Crippen LogP contribution in [0.1, 0.15) is 19.7 Å². The summed E-state index contributed by atoms with van der Waals surface area (Å²) in [5.74, 6) is 1.66. The minimum absolute atomic E-state index is 0.778. The number of hydrogen-bond acceptors (Lipinski definition) is 4. The Bertz CT molecular complexity index is 306. The molecular formula is C11H19BrN4. The van der Waals surface area contributed by atoms with Crippen molar-refractivity contribution < 1.29 is 0 Å². The van der Waals surface area contributed by atoms with E-state index in [9.17, 15) is 0 Å². The molecule has 0 saturated heterocycles. The first-order valence-corrected chi connectivity index (χ1v) is 6.42. The third-order valence-corrected chi connectivity index (χ3v) is 2.84. The maximum Gasteiger partial charge on any atom is 0.130 e. The lowest BCUT2D eigenvalue weighted by molar-refractivity contribution is 0.316. The molecule has 0 amide bonds. The van der Waals surface area contributed by atoms with Crippen molar-refractivity contribution in [1.82, 2.24) is 14.9 Å². The van der Waals surface area contributed by atoms with Crippen LogP contribution >= 0.6 is 15.9 Å². The quantitative estimate of drug-likeness (QED) is 0.815. The molecule has 0 bridgehead atoms. The van der Waals surface area contributed by atoms with Crippen molar-refractivity contribution >= 4 is 21.7 Å². The van der Waals surface area contributed by atoms with Gasteiger partial charge in [-0.05, 0) is 35.9 Å². The van der Waals surface area contributed by atoms with Gasteiger partial charge in [-0.25, -0.2) is 9.97 Å². The summed E-state index contributed by atoms with van der Waals surface area (Å²) in [5, 5.41) is 3.30. The molecule has 0 saturated carbocycles. The molecule has 1 aromatic heterocycles. The Balaban J connectivity index is 2.42. The minimum Gasteiger partial charge on any atom is -0.369 e. The predicted octanol–water partition coefficient (Wildman–Crippen LogP) is 2.30. The highest BCUT2D eigenvalue weighted by Crippen LogP contribution is 2.11. The smallest absolute Gasteiger partial charge is 0.130 e. The molecule has 1 aromatic rings. The number of nitrogens with zero attached hydrogens (tertiary/aromatic N) is 3. The molecule has 0 aliphatic heterocycles. The lowest BCUT2D eigenvalue weighted by Crippen LogP contribution is -2.28. The van der Waals surface area contributed by atoms with Gasteiger partial charge in [-0.15, -0.1) is 0 Å². The molecular weight excluding hydrogens is 268 g/mol. The number of aromatic nitrogens is 2. The highest BCUT2D eigenvalue weighted by Gasteiger charge is 2.01. The molecule has 0 aromatic carbocycles. The van der Waals surface area contributed by atoms with Gasteiger partial charge in [0.25, 0.3) is 0 Å². The van der Waals surface area contributed by atoms with Gasteiger partial charge in [-0.2, -0.15) is 0 Å². The Kier molecular flexibility index (Phi) is 5.69. The number of anilines is 1. The second kappa shape index (κ2) is 6.81. The highest BCUT2D eigenvalue weighted by molar-refractivity contribution is 9.10. The van der Waals surface area contributed by atoms with E-state index in [1.807, 2.05) is 13.0 Å². The SMILES string of the molecule is CCN(CC)CCNc1cc(Br)nc(C)n1. The van der Waals surface area contributed by atoms with E-state index >= 15 is 0 Å². The first-order valence-electron chi connectivity index (χ1n) is 5.63. The van der Waals surface area contributed by atoms with Gasteiger partial charge in [0.1, 0.15) is 16.2 Å². The maximum absolute atomic E-state index is 4.31.